The number of rotatable bonds is 5. The van der Waals surface area contributed by atoms with Gasteiger partial charge in [-0.25, -0.2) is 0 Å². The summed E-state index contributed by atoms with van der Waals surface area (Å²) in [4.78, 5) is 26.7. The van der Waals surface area contributed by atoms with Crippen molar-refractivity contribution in [2.24, 2.45) is 0 Å². The predicted molar refractivity (Wildman–Crippen MR) is 91.3 cm³/mol. The van der Waals surface area contributed by atoms with Gasteiger partial charge < -0.3 is 15.0 Å². The number of nitrogens with one attached hydrogen (secondary N) is 1. The third-order valence-electron chi connectivity index (χ3n) is 4.81. The van der Waals surface area contributed by atoms with Gasteiger partial charge >= 0.3 is 0 Å². The van der Waals surface area contributed by atoms with Crippen molar-refractivity contribution in [3.8, 4) is 0 Å². The number of hydrogen-bond acceptors (Lipinski definition) is 3. The summed E-state index contributed by atoms with van der Waals surface area (Å²) in [6.45, 7) is 1.96. The van der Waals surface area contributed by atoms with Gasteiger partial charge in [0.25, 0.3) is 0 Å². The highest BCUT2D eigenvalue weighted by molar-refractivity contribution is 5.81. The van der Waals surface area contributed by atoms with Crippen molar-refractivity contribution in [2.45, 2.75) is 50.7 Å². The Morgan fingerprint density at radius 2 is 2.04 bits per heavy atom. The first-order valence-electron chi connectivity index (χ1n) is 8.99. The molecule has 2 aliphatic heterocycles. The Morgan fingerprint density at radius 3 is 2.79 bits per heavy atom. The molecule has 0 spiro atoms. The van der Waals surface area contributed by atoms with E-state index < -0.39 is 0 Å². The Balaban J connectivity index is 1.71. The van der Waals surface area contributed by atoms with Crippen LogP contribution in [-0.2, 0) is 14.3 Å². The summed E-state index contributed by atoms with van der Waals surface area (Å²) in [6.07, 6.45) is 5.06. The molecule has 2 unspecified atom stereocenters. The molecule has 0 aliphatic carbocycles. The lowest BCUT2D eigenvalue weighted by atomic mass is 10.1. The molecule has 0 aromatic heterocycles. The Kier molecular flexibility index (Phi) is 5.86. The van der Waals surface area contributed by atoms with Crippen LogP contribution in [0.1, 0.15) is 50.1 Å². The summed E-state index contributed by atoms with van der Waals surface area (Å²) in [5.74, 6) is 0.128. The van der Waals surface area contributed by atoms with E-state index in [1.165, 1.54) is 0 Å². The number of nitrogens with zero attached hydrogens (tertiary/aromatic N) is 1. The smallest absolute Gasteiger partial charge is 0.249 e. The molecule has 2 amide bonds. The first-order valence-corrected chi connectivity index (χ1v) is 8.99. The Labute approximate surface area is 143 Å². The number of amides is 2. The molecule has 5 nitrogen and oxygen atoms in total. The average Bonchev–Trinajstić information content (AvgIpc) is 3.07. The molecule has 1 aromatic carbocycles. The lowest BCUT2D eigenvalue weighted by Gasteiger charge is -2.28. The predicted octanol–water partition coefficient (Wildman–Crippen LogP) is 2.43. The molecule has 2 saturated heterocycles. The van der Waals surface area contributed by atoms with Gasteiger partial charge in [-0.1, -0.05) is 36.8 Å². The van der Waals surface area contributed by atoms with Crippen molar-refractivity contribution in [3.63, 3.8) is 0 Å². The van der Waals surface area contributed by atoms with Crippen LogP contribution in [0.5, 0.6) is 0 Å². The van der Waals surface area contributed by atoms with Crippen molar-refractivity contribution in [1.29, 1.82) is 0 Å². The van der Waals surface area contributed by atoms with Gasteiger partial charge in [0.05, 0.1) is 6.04 Å². The molecule has 2 atom stereocenters. The maximum atomic E-state index is 12.5. The number of carbonyl (C=O) groups is 2. The van der Waals surface area contributed by atoms with Gasteiger partial charge in [0.2, 0.25) is 11.8 Å². The number of carbonyl (C=O) groups excluding carboxylic acids is 2. The molecule has 1 N–H and O–H groups in total. The minimum Gasteiger partial charge on any atom is -0.368 e. The second-order valence-corrected chi connectivity index (χ2v) is 6.62. The Morgan fingerprint density at radius 1 is 1.21 bits per heavy atom. The molecular weight excluding hydrogens is 304 g/mol. The monoisotopic (exact) mass is 330 g/mol. The molecule has 130 valence electrons. The largest absolute Gasteiger partial charge is 0.368 e. The van der Waals surface area contributed by atoms with Crippen LogP contribution >= 0.6 is 0 Å². The summed E-state index contributed by atoms with van der Waals surface area (Å²) in [5.41, 5.74) is 1.03. The molecule has 1 aromatic rings. The third-order valence-corrected chi connectivity index (χ3v) is 4.81. The van der Waals surface area contributed by atoms with Gasteiger partial charge in [-0.2, -0.15) is 0 Å². The molecule has 0 saturated carbocycles. The number of ether oxygens (including phenoxy) is 1. The highest BCUT2D eigenvalue weighted by atomic mass is 16.5. The highest BCUT2D eigenvalue weighted by Crippen LogP contribution is 2.20. The zero-order valence-electron chi connectivity index (χ0n) is 14.1. The Hall–Kier alpha value is -1.88. The molecule has 24 heavy (non-hydrogen) atoms. The van der Waals surface area contributed by atoms with Gasteiger partial charge in [0.1, 0.15) is 6.10 Å². The molecule has 0 radical (unpaired) electrons. The summed E-state index contributed by atoms with van der Waals surface area (Å²) in [5, 5.41) is 3.11. The van der Waals surface area contributed by atoms with Gasteiger partial charge in [0.15, 0.2) is 0 Å². The summed E-state index contributed by atoms with van der Waals surface area (Å²) >= 11 is 0. The highest BCUT2D eigenvalue weighted by Gasteiger charge is 2.28. The van der Waals surface area contributed by atoms with Crippen molar-refractivity contribution in [1.82, 2.24) is 10.2 Å². The second-order valence-electron chi connectivity index (χ2n) is 6.62. The first-order chi connectivity index (χ1) is 11.7. The number of benzene rings is 1. The SMILES string of the molecule is O=C(NC(CN1CCCCCC1=O)c1ccccc1)C1CCCO1. The zero-order valence-corrected chi connectivity index (χ0v) is 14.1. The fourth-order valence-corrected chi connectivity index (χ4v) is 3.42. The van der Waals surface area contributed by atoms with Gasteiger partial charge in [-0.15, -0.1) is 0 Å². The van der Waals surface area contributed by atoms with Crippen LogP contribution in [0.2, 0.25) is 0 Å². The summed E-state index contributed by atoms with van der Waals surface area (Å²) < 4.78 is 5.49. The van der Waals surface area contributed by atoms with Gasteiger partial charge in [-0.05, 0) is 31.2 Å². The Bertz CT molecular complexity index is 555. The van der Waals surface area contributed by atoms with E-state index in [1.807, 2.05) is 35.2 Å². The van der Waals surface area contributed by atoms with Crippen LogP contribution in [-0.4, -0.2) is 42.5 Å². The minimum atomic E-state index is -0.351. The fraction of sp³-hybridized carbons (Fsp3) is 0.579. The second kappa shape index (κ2) is 8.29. The maximum Gasteiger partial charge on any atom is 0.249 e. The van der Waals surface area contributed by atoms with E-state index in [9.17, 15) is 9.59 Å². The zero-order chi connectivity index (χ0) is 16.8. The molecule has 2 heterocycles. The van der Waals surface area contributed by atoms with E-state index in [0.717, 1.165) is 44.2 Å². The van der Waals surface area contributed by atoms with Gasteiger partial charge in [-0.3, -0.25) is 9.59 Å². The lowest BCUT2D eigenvalue weighted by molar-refractivity contribution is -0.134. The van der Waals surface area contributed by atoms with Crippen LogP contribution in [0.15, 0.2) is 30.3 Å². The van der Waals surface area contributed by atoms with Crippen LogP contribution in [0.3, 0.4) is 0 Å². The van der Waals surface area contributed by atoms with Crippen LogP contribution < -0.4 is 5.32 Å². The van der Waals surface area contributed by atoms with E-state index in [-0.39, 0.29) is 24.0 Å². The summed E-state index contributed by atoms with van der Waals surface area (Å²) in [6, 6.07) is 9.70. The maximum absolute atomic E-state index is 12.5. The first kappa shape index (κ1) is 17.0. The average molecular weight is 330 g/mol. The molecule has 5 heteroatoms. The molecule has 3 rings (SSSR count). The van der Waals surface area contributed by atoms with E-state index in [4.69, 9.17) is 4.74 Å². The summed E-state index contributed by atoms with van der Waals surface area (Å²) in [7, 11) is 0. The minimum absolute atomic E-state index is 0.0661. The quantitative estimate of drug-likeness (QED) is 0.902. The fourth-order valence-electron chi connectivity index (χ4n) is 3.42. The van der Waals surface area contributed by atoms with Gasteiger partial charge in [0, 0.05) is 26.1 Å². The molecular formula is C19H26N2O3. The van der Waals surface area contributed by atoms with Crippen molar-refractivity contribution in [2.75, 3.05) is 19.7 Å². The normalized spacial score (nSPS) is 22.9. The van der Waals surface area contributed by atoms with E-state index in [0.29, 0.717) is 19.6 Å². The van der Waals surface area contributed by atoms with Crippen LogP contribution in [0, 0.1) is 0 Å². The number of likely N-dealkylation sites (tertiary alicyclic amines) is 1. The van der Waals surface area contributed by atoms with Crippen molar-refractivity contribution < 1.29 is 14.3 Å². The standard InChI is InChI=1S/C19H26N2O3/c22-18-11-5-2-6-12-21(18)14-16(15-8-3-1-4-9-15)20-19(23)17-10-7-13-24-17/h1,3-4,8-9,16-17H,2,5-7,10-14H2,(H,20,23). The molecule has 2 aliphatic rings. The van der Waals surface area contributed by atoms with E-state index in [2.05, 4.69) is 5.32 Å². The lowest BCUT2D eigenvalue weighted by Crippen LogP contribution is -2.43. The molecule has 0 bridgehead atoms. The van der Waals surface area contributed by atoms with Crippen LogP contribution in [0.25, 0.3) is 0 Å². The van der Waals surface area contributed by atoms with Crippen LogP contribution in [0.4, 0.5) is 0 Å². The van der Waals surface area contributed by atoms with E-state index in [1.54, 1.807) is 0 Å². The topological polar surface area (TPSA) is 58.6 Å². The third kappa shape index (κ3) is 4.35. The van der Waals surface area contributed by atoms with Crippen molar-refractivity contribution in [3.05, 3.63) is 35.9 Å². The molecule has 2 fully saturated rings. The van der Waals surface area contributed by atoms with Crippen molar-refractivity contribution >= 4 is 11.8 Å². The van der Waals surface area contributed by atoms with E-state index >= 15 is 0 Å². The number of hydrogen-bond donors (Lipinski definition) is 1.